The number of rotatable bonds is 4. The van der Waals surface area contributed by atoms with Crippen molar-refractivity contribution in [1.82, 2.24) is 0 Å². The zero-order valence-electron chi connectivity index (χ0n) is 13.3. The van der Waals surface area contributed by atoms with Crippen molar-refractivity contribution in [1.29, 1.82) is 5.26 Å². The molecule has 0 aliphatic carbocycles. The number of halogens is 1. The molecule has 2 nitrogen and oxygen atoms in total. The predicted molar refractivity (Wildman–Crippen MR) is 103 cm³/mol. The highest BCUT2D eigenvalue weighted by molar-refractivity contribution is 9.10. The summed E-state index contributed by atoms with van der Waals surface area (Å²) in [5.41, 5.74) is 2.44. The molecule has 0 unspecified atom stereocenters. The maximum absolute atomic E-state index is 9.63. The Labute approximate surface area is 150 Å². The molecule has 24 heavy (non-hydrogen) atoms. The third-order valence-electron chi connectivity index (χ3n) is 3.79. The van der Waals surface area contributed by atoms with E-state index in [4.69, 9.17) is 4.74 Å². The number of benzene rings is 3. The lowest BCUT2D eigenvalue weighted by Gasteiger charge is -2.11. The van der Waals surface area contributed by atoms with E-state index in [-0.39, 0.29) is 0 Å². The molecule has 0 saturated heterocycles. The van der Waals surface area contributed by atoms with E-state index in [0.717, 1.165) is 32.1 Å². The second-order valence-corrected chi connectivity index (χ2v) is 6.22. The first-order chi connectivity index (χ1) is 11.7. The summed E-state index contributed by atoms with van der Waals surface area (Å²) in [5.74, 6) is 0.793. The van der Waals surface area contributed by atoms with Crippen LogP contribution in [0.3, 0.4) is 0 Å². The van der Waals surface area contributed by atoms with E-state index in [0.29, 0.717) is 12.2 Å². The standard InChI is InChI=1S/C21H16BrNO/c1-2-24-21-12-9-16-5-3-4-6-19(16)20(21)13-17(14-23)15-7-10-18(22)11-8-15/h3-13H,2H2,1H3. The number of hydrogen-bond donors (Lipinski definition) is 0. The van der Waals surface area contributed by atoms with Gasteiger partial charge in [-0.15, -0.1) is 0 Å². The summed E-state index contributed by atoms with van der Waals surface area (Å²) in [5, 5.41) is 11.8. The van der Waals surface area contributed by atoms with Gasteiger partial charge in [0.1, 0.15) is 5.75 Å². The van der Waals surface area contributed by atoms with Gasteiger partial charge < -0.3 is 4.74 Å². The van der Waals surface area contributed by atoms with Gasteiger partial charge in [-0.25, -0.2) is 0 Å². The molecule has 3 heteroatoms. The lowest BCUT2D eigenvalue weighted by Crippen LogP contribution is -1.95. The Bertz CT molecular complexity index is 936. The summed E-state index contributed by atoms with van der Waals surface area (Å²) in [4.78, 5) is 0. The molecule has 3 rings (SSSR count). The molecule has 0 amide bonds. The third kappa shape index (κ3) is 3.34. The summed E-state index contributed by atoms with van der Waals surface area (Å²) in [7, 11) is 0. The van der Waals surface area contributed by atoms with Crippen molar-refractivity contribution < 1.29 is 4.74 Å². The summed E-state index contributed by atoms with van der Waals surface area (Å²) in [6, 6.07) is 22.2. The average Bonchev–Trinajstić information content (AvgIpc) is 2.62. The fourth-order valence-corrected chi connectivity index (χ4v) is 2.92. The van der Waals surface area contributed by atoms with Gasteiger partial charge in [-0.2, -0.15) is 5.26 Å². The molecule has 0 aromatic heterocycles. The van der Waals surface area contributed by atoms with Gasteiger partial charge in [0, 0.05) is 10.0 Å². The topological polar surface area (TPSA) is 33.0 Å². The molecule has 3 aromatic rings. The first-order valence-electron chi connectivity index (χ1n) is 7.75. The van der Waals surface area contributed by atoms with E-state index < -0.39 is 0 Å². The molecular formula is C21H16BrNO. The van der Waals surface area contributed by atoms with Gasteiger partial charge >= 0.3 is 0 Å². The van der Waals surface area contributed by atoms with Gasteiger partial charge in [-0.3, -0.25) is 0 Å². The Morgan fingerprint density at radius 1 is 1.08 bits per heavy atom. The number of hydrogen-bond acceptors (Lipinski definition) is 2. The second-order valence-electron chi connectivity index (χ2n) is 5.31. The molecule has 3 aromatic carbocycles. The smallest absolute Gasteiger partial charge is 0.127 e. The van der Waals surface area contributed by atoms with Crippen LogP contribution in [-0.4, -0.2) is 6.61 Å². The van der Waals surface area contributed by atoms with Crippen molar-refractivity contribution in [2.45, 2.75) is 6.92 Å². The Hall–Kier alpha value is -2.57. The lowest BCUT2D eigenvalue weighted by atomic mass is 9.98. The predicted octanol–water partition coefficient (Wildman–Crippen LogP) is 6.07. The van der Waals surface area contributed by atoms with E-state index in [1.807, 2.05) is 61.5 Å². The van der Waals surface area contributed by atoms with Gasteiger partial charge in [0.15, 0.2) is 0 Å². The zero-order chi connectivity index (χ0) is 16.9. The summed E-state index contributed by atoms with van der Waals surface area (Å²) < 4.78 is 6.77. The normalized spacial score (nSPS) is 11.3. The number of fused-ring (bicyclic) bond motifs is 1. The minimum absolute atomic E-state index is 0.583. The number of nitriles is 1. The van der Waals surface area contributed by atoms with Crippen molar-refractivity contribution in [3.63, 3.8) is 0 Å². The van der Waals surface area contributed by atoms with Crippen LogP contribution >= 0.6 is 15.9 Å². The van der Waals surface area contributed by atoms with Crippen LogP contribution in [0, 0.1) is 11.3 Å². The number of ether oxygens (including phenoxy) is 1. The Morgan fingerprint density at radius 2 is 1.83 bits per heavy atom. The SMILES string of the molecule is CCOc1ccc2ccccc2c1C=C(C#N)c1ccc(Br)cc1. The molecule has 0 N–H and O–H groups in total. The van der Waals surface area contributed by atoms with Crippen LogP contribution in [-0.2, 0) is 0 Å². The number of nitrogens with zero attached hydrogens (tertiary/aromatic N) is 1. The molecule has 0 spiro atoms. The molecule has 0 radical (unpaired) electrons. The fourth-order valence-electron chi connectivity index (χ4n) is 2.66. The molecule has 0 aliphatic heterocycles. The molecular weight excluding hydrogens is 362 g/mol. The zero-order valence-corrected chi connectivity index (χ0v) is 14.9. The summed E-state index contributed by atoms with van der Waals surface area (Å²) >= 11 is 3.43. The second kappa shape index (κ2) is 7.33. The number of allylic oxidation sites excluding steroid dienone is 1. The molecule has 0 saturated carbocycles. The summed E-state index contributed by atoms with van der Waals surface area (Å²) in [6.45, 7) is 2.54. The van der Waals surface area contributed by atoms with Crippen molar-refractivity contribution in [2.75, 3.05) is 6.61 Å². The maximum atomic E-state index is 9.63. The van der Waals surface area contributed by atoms with E-state index in [1.54, 1.807) is 0 Å². The van der Waals surface area contributed by atoms with Gasteiger partial charge in [-0.1, -0.05) is 58.4 Å². The van der Waals surface area contributed by atoms with Crippen LogP contribution in [0.1, 0.15) is 18.1 Å². The molecule has 0 atom stereocenters. The molecule has 0 fully saturated rings. The molecule has 118 valence electrons. The third-order valence-corrected chi connectivity index (χ3v) is 4.32. The van der Waals surface area contributed by atoms with Crippen LogP contribution in [0.2, 0.25) is 0 Å². The average molecular weight is 378 g/mol. The van der Waals surface area contributed by atoms with Crippen LogP contribution in [0.5, 0.6) is 5.75 Å². The molecule has 0 heterocycles. The van der Waals surface area contributed by atoms with Gasteiger partial charge in [0.25, 0.3) is 0 Å². The quantitative estimate of drug-likeness (QED) is 0.408. The van der Waals surface area contributed by atoms with Crippen molar-refractivity contribution >= 4 is 38.4 Å². The monoisotopic (exact) mass is 377 g/mol. The minimum atomic E-state index is 0.583. The highest BCUT2D eigenvalue weighted by Crippen LogP contribution is 2.32. The molecule has 0 aliphatic rings. The van der Waals surface area contributed by atoms with Crippen LogP contribution < -0.4 is 4.74 Å². The first kappa shape index (κ1) is 16.3. The van der Waals surface area contributed by atoms with Crippen molar-refractivity contribution in [3.8, 4) is 11.8 Å². The van der Waals surface area contributed by atoms with Gasteiger partial charge in [-0.05, 0) is 47.5 Å². The lowest BCUT2D eigenvalue weighted by molar-refractivity contribution is 0.340. The van der Waals surface area contributed by atoms with Gasteiger partial charge in [0.2, 0.25) is 0 Å². The largest absolute Gasteiger partial charge is 0.493 e. The van der Waals surface area contributed by atoms with E-state index in [2.05, 4.69) is 34.1 Å². The molecule has 0 bridgehead atoms. The fraction of sp³-hybridized carbons (Fsp3) is 0.0952. The Morgan fingerprint density at radius 3 is 2.54 bits per heavy atom. The highest BCUT2D eigenvalue weighted by Gasteiger charge is 2.09. The van der Waals surface area contributed by atoms with Crippen molar-refractivity contribution in [2.24, 2.45) is 0 Å². The first-order valence-corrected chi connectivity index (χ1v) is 8.54. The summed E-state index contributed by atoms with van der Waals surface area (Å²) in [6.07, 6.45) is 1.91. The Kier molecular flexibility index (Phi) is 4.98. The van der Waals surface area contributed by atoms with Crippen molar-refractivity contribution in [3.05, 3.63) is 76.3 Å². The van der Waals surface area contributed by atoms with Crippen LogP contribution in [0.15, 0.2) is 65.1 Å². The van der Waals surface area contributed by atoms with E-state index in [1.165, 1.54) is 0 Å². The van der Waals surface area contributed by atoms with Crippen LogP contribution in [0.4, 0.5) is 0 Å². The Balaban J connectivity index is 2.21. The van der Waals surface area contributed by atoms with Crippen LogP contribution in [0.25, 0.3) is 22.4 Å². The van der Waals surface area contributed by atoms with Gasteiger partial charge in [0.05, 0.1) is 18.2 Å². The minimum Gasteiger partial charge on any atom is -0.493 e. The maximum Gasteiger partial charge on any atom is 0.127 e. The van der Waals surface area contributed by atoms with E-state index >= 15 is 0 Å². The van der Waals surface area contributed by atoms with E-state index in [9.17, 15) is 5.26 Å². The highest BCUT2D eigenvalue weighted by atomic mass is 79.9.